The van der Waals surface area contributed by atoms with Gasteiger partial charge in [0.15, 0.2) is 0 Å². The van der Waals surface area contributed by atoms with Crippen LogP contribution in [0.15, 0.2) is 12.3 Å². The molecule has 4 nitrogen and oxygen atoms in total. The summed E-state index contributed by atoms with van der Waals surface area (Å²) in [4.78, 5) is 11.2. The van der Waals surface area contributed by atoms with Gasteiger partial charge in [0.05, 0.1) is 6.07 Å². The fourth-order valence-electron chi connectivity index (χ4n) is 2.26. The summed E-state index contributed by atoms with van der Waals surface area (Å²) in [7, 11) is 2.15. The van der Waals surface area contributed by atoms with E-state index in [1.807, 2.05) is 19.9 Å². The third kappa shape index (κ3) is 2.68. The van der Waals surface area contributed by atoms with Crippen molar-refractivity contribution in [3.8, 4) is 6.07 Å². The molecule has 0 radical (unpaired) electrons. The molecule has 0 spiro atoms. The monoisotopic (exact) mass is 244 g/mol. The van der Waals surface area contributed by atoms with Crippen LogP contribution in [0, 0.1) is 11.3 Å². The molecule has 1 saturated heterocycles. The molecule has 1 aromatic rings. The largest absolute Gasteiger partial charge is 0.306 e. The second-order valence-electron chi connectivity index (χ2n) is 5.62. The lowest BCUT2D eigenvalue weighted by Crippen LogP contribution is -2.30. The number of piperidine rings is 1. The first kappa shape index (κ1) is 13.0. The number of hydrogen-bond donors (Lipinski definition) is 0. The van der Waals surface area contributed by atoms with Crippen molar-refractivity contribution in [3.05, 3.63) is 23.8 Å². The average molecular weight is 244 g/mol. The van der Waals surface area contributed by atoms with Crippen LogP contribution in [0.3, 0.4) is 0 Å². The Bertz CT molecular complexity index is 453. The number of nitriles is 1. The van der Waals surface area contributed by atoms with Gasteiger partial charge >= 0.3 is 0 Å². The fourth-order valence-corrected chi connectivity index (χ4v) is 2.26. The van der Waals surface area contributed by atoms with Gasteiger partial charge in [-0.3, -0.25) is 0 Å². The molecule has 0 amide bonds. The first-order chi connectivity index (χ1) is 8.53. The van der Waals surface area contributed by atoms with Gasteiger partial charge in [0.1, 0.15) is 11.2 Å². The van der Waals surface area contributed by atoms with E-state index in [-0.39, 0.29) is 0 Å². The molecule has 18 heavy (non-hydrogen) atoms. The van der Waals surface area contributed by atoms with Crippen molar-refractivity contribution in [1.29, 1.82) is 5.26 Å². The van der Waals surface area contributed by atoms with Gasteiger partial charge in [-0.25, -0.2) is 9.97 Å². The normalized spacial score (nSPS) is 18.6. The predicted molar refractivity (Wildman–Crippen MR) is 70.1 cm³/mol. The van der Waals surface area contributed by atoms with Gasteiger partial charge < -0.3 is 4.90 Å². The summed E-state index contributed by atoms with van der Waals surface area (Å²) in [6.07, 6.45) is 4.06. The van der Waals surface area contributed by atoms with Crippen molar-refractivity contribution in [2.45, 2.75) is 38.0 Å². The highest BCUT2D eigenvalue weighted by molar-refractivity contribution is 5.19. The van der Waals surface area contributed by atoms with Crippen LogP contribution in [-0.2, 0) is 5.41 Å². The third-order valence-corrected chi connectivity index (χ3v) is 3.65. The van der Waals surface area contributed by atoms with Gasteiger partial charge in [0.2, 0.25) is 0 Å². The minimum Gasteiger partial charge on any atom is -0.306 e. The molecule has 0 saturated carbocycles. The molecule has 0 unspecified atom stereocenters. The van der Waals surface area contributed by atoms with Gasteiger partial charge in [-0.2, -0.15) is 5.26 Å². The number of likely N-dealkylation sites (tertiary alicyclic amines) is 1. The van der Waals surface area contributed by atoms with Crippen LogP contribution < -0.4 is 0 Å². The Labute approximate surface area is 109 Å². The molecule has 0 aromatic carbocycles. The standard InChI is InChI=1S/C14H20N4/c1-14(2,10-15)13-16-7-4-12(17-13)11-5-8-18(3)9-6-11/h4,7,11H,5-6,8-9H2,1-3H3. The summed E-state index contributed by atoms with van der Waals surface area (Å²) in [5, 5.41) is 9.15. The van der Waals surface area contributed by atoms with Gasteiger partial charge in [0.25, 0.3) is 0 Å². The molecule has 96 valence electrons. The van der Waals surface area contributed by atoms with Gasteiger partial charge in [0, 0.05) is 17.8 Å². The minimum absolute atomic E-state index is 0.512. The topological polar surface area (TPSA) is 52.8 Å². The van der Waals surface area contributed by atoms with Gasteiger partial charge in [-0.05, 0) is 52.9 Å². The molecule has 2 heterocycles. The molecule has 4 heteroatoms. The summed E-state index contributed by atoms with van der Waals surface area (Å²) in [5.74, 6) is 1.15. The predicted octanol–water partition coefficient (Wildman–Crippen LogP) is 2.09. The zero-order valence-corrected chi connectivity index (χ0v) is 11.3. The Hall–Kier alpha value is -1.47. The molecule has 1 aliphatic rings. The van der Waals surface area contributed by atoms with Crippen LogP contribution in [0.25, 0.3) is 0 Å². The van der Waals surface area contributed by atoms with Crippen LogP contribution in [0.1, 0.15) is 44.1 Å². The molecule has 0 N–H and O–H groups in total. The third-order valence-electron chi connectivity index (χ3n) is 3.65. The van der Waals surface area contributed by atoms with Gasteiger partial charge in [-0.1, -0.05) is 0 Å². The van der Waals surface area contributed by atoms with E-state index in [2.05, 4.69) is 28.0 Å². The van der Waals surface area contributed by atoms with E-state index in [0.29, 0.717) is 11.7 Å². The zero-order valence-electron chi connectivity index (χ0n) is 11.3. The summed E-state index contributed by atoms with van der Waals surface area (Å²) in [6, 6.07) is 4.25. The summed E-state index contributed by atoms with van der Waals surface area (Å²) < 4.78 is 0. The second kappa shape index (κ2) is 5.03. The van der Waals surface area contributed by atoms with Crippen LogP contribution in [0.2, 0.25) is 0 Å². The van der Waals surface area contributed by atoms with E-state index >= 15 is 0 Å². The summed E-state index contributed by atoms with van der Waals surface area (Å²) in [6.45, 7) is 5.96. The highest BCUT2D eigenvalue weighted by atomic mass is 15.1. The SMILES string of the molecule is CN1CCC(c2ccnc(C(C)(C)C#N)n2)CC1. The average Bonchev–Trinajstić information content (AvgIpc) is 2.40. The molecule has 1 fully saturated rings. The van der Waals surface area contributed by atoms with Crippen LogP contribution >= 0.6 is 0 Å². The Balaban J connectivity index is 2.20. The Morgan fingerprint density at radius 1 is 1.39 bits per heavy atom. The van der Waals surface area contributed by atoms with Crippen molar-refractivity contribution in [1.82, 2.24) is 14.9 Å². The van der Waals surface area contributed by atoms with Crippen LogP contribution in [-0.4, -0.2) is 35.0 Å². The summed E-state index contributed by atoms with van der Waals surface area (Å²) in [5.41, 5.74) is 0.484. The van der Waals surface area contributed by atoms with E-state index in [1.165, 1.54) is 0 Å². The Morgan fingerprint density at radius 3 is 2.67 bits per heavy atom. The van der Waals surface area contributed by atoms with Crippen molar-refractivity contribution >= 4 is 0 Å². The lowest BCUT2D eigenvalue weighted by Gasteiger charge is -2.29. The number of hydrogen-bond acceptors (Lipinski definition) is 4. The maximum atomic E-state index is 9.15. The molecule has 0 bridgehead atoms. The van der Waals surface area contributed by atoms with E-state index in [0.717, 1.165) is 31.6 Å². The van der Waals surface area contributed by atoms with Crippen LogP contribution in [0.4, 0.5) is 0 Å². The number of nitrogens with zero attached hydrogens (tertiary/aromatic N) is 4. The maximum absolute atomic E-state index is 9.15. The summed E-state index contributed by atoms with van der Waals surface area (Å²) >= 11 is 0. The molecule has 2 rings (SSSR count). The molecule has 0 atom stereocenters. The van der Waals surface area contributed by atoms with E-state index in [1.54, 1.807) is 6.20 Å². The quantitative estimate of drug-likeness (QED) is 0.799. The fraction of sp³-hybridized carbons (Fsp3) is 0.643. The molecule has 0 aliphatic carbocycles. The molecule has 1 aromatic heterocycles. The first-order valence-corrected chi connectivity index (χ1v) is 6.46. The zero-order chi connectivity index (χ0) is 13.2. The smallest absolute Gasteiger partial charge is 0.148 e. The van der Waals surface area contributed by atoms with Crippen molar-refractivity contribution in [2.24, 2.45) is 0 Å². The second-order valence-corrected chi connectivity index (χ2v) is 5.62. The van der Waals surface area contributed by atoms with Crippen LogP contribution in [0.5, 0.6) is 0 Å². The highest BCUT2D eigenvalue weighted by Gasteiger charge is 2.25. The molecular weight excluding hydrogens is 224 g/mol. The van der Waals surface area contributed by atoms with E-state index in [4.69, 9.17) is 5.26 Å². The minimum atomic E-state index is -0.610. The Morgan fingerprint density at radius 2 is 2.06 bits per heavy atom. The first-order valence-electron chi connectivity index (χ1n) is 6.46. The van der Waals surface area contributed by atoms with Crippen molar-refractivity contribution in [2.75, 3.05) is 20.1 Å². The maximum Gasteiger partial charge on any atom is 0.148 e. The van der Waals surface area contributed by atoms with Crippen molar-refractivity contribution < 1.29 is 0 Å². The lowest BCUT2D eigenvalue weighted by molar-refractivity contribution is 0.253. The lowest BCUT2D eigenvalue weighted by atomic mass is 9.91. The number of aromatic nitrogens is 2. The van der Waals surface area contributed by atoms with E-state index < -0.39 is 5.41 Å². The van der Waals surface area contributed by atoms with E-state index in [9.17, 15) is 0 Å². The highest BCUT2D eigenvalue weighted by Crippen LogP contribution is 2.27. The van der Waals surface area contributed by atoms with Gasteiger partial charge in [-0.15, -0.1) is 0 Å². The molecular formula is C14H20N4. The van der Waals surface area contributed by atoms with Crippen molar-refractivity contribution in [3.63, 3.8) is 0 Å². The Kier molecular flexibility index (Phi) is 3.63. The molecule has 1 aliphatic heterocycles. The number of rotatable bonds is 2.